The Morgan fingerprint density at radius 3 is 1.50 bits per heavy atom. The molecule has 0 aliphatic carbocycles. The smallest absolute Gasteiger partial charge is 0.377 e. The average Bonchev–Trinajstić information content (AvgIpc) is 3.02. The van der Waals surface area contributed by atoms with Crippen molar-refractivity contribution in [3.63, 3.8) is 0 Å². The monoisotopic (exact) mass is 435 g/mol. The van der Waals surface area contributed by atoms with Gasteiger partial charge in [0, 0.05) is 33.9 Å². The van der Waals surface area contributed by atoms with Crippen molar-refractivity contribution in [2.24, 2.45) is 0 Å². The molecule has 1 aliphatic heterocycles. The van der Waals surface area contributed by atoms with Crippen LogP contribution in [0.3, 0.4) is 0 Å². The van der Waals surface area contributed by atoms with Crippen LogP contribution in [0, 0.1) is 0 Å². The minimum absolute atomic E-state index is 0.142. The van der Waals surface area contributed by atoms with Crippen molar-refractivity contribution >= 4 is 20.6 Å². The summed E-state index contributed by atoms with van der Waals surface area (Å²) in [5.41, 5.74) is 1.09. The van der Waals surface area contributed by atoms with Gasteiger partial charge < -0.3 is 13.3 Å². The number of carbonyl (C=O) groups excluding carboxylic acids is 2. The normalized spacial score (nSPS) is 13.9. The van der Waals surface area contributed by atoms with Gasteiger partial charge in [-0.15, -0.1) is 0 Å². The number of benzene rings is 1. The lowest BCUT2D eigenvalue weighted by atomic mass is 10.1. The van der Waals surface area contributed by atoms with E-state index in [2.05, 4.69) is 0 Å². The van der Waals surface area contributed by atoms with E-state index in [1.807, 2.05) is 0 Å². The van der Waals surface area contributed by atoms with Crippen molar-refractivity contribution in [1.82, 2.24) is 4.90 Å². The first-order chi connectivity index (χ1) is 14.6. The molecular formula is C23H37NO5Si. The summed E-state index contributed by atoms with van der Waals surface area (Å²) in [6, 6.07) is 7.97. The SMILES string of the molecule is CO[Si](CCCCCCCCCCCCN1C(=O)c2ccccc2C1=O)(OC)OC. The maximum absolute atomic E-state index is 12.3. The van der Waals surface area contributed by atoms with Crippen LogP contribution in [0.1, 0.15) is 84.9 Å². The molecule has 0 fully saturated rings. The Morgan fingerprint density at radius 1 is 0.667 bits per heavy atom. The van der Waals surface area contributed by atoms with Gasteiger partial charge in [0.1, 0.15) is 0 Å². The number of imide groups is 1. The summed E-state index contributed by atoms with van der Waals surface area (Å²) in [5, 5.41) is 0. The van der Waals surface area contributed by atoms with Gasteiger partial charge in [-0.3, -0.25) is 14.5 Å². The van der Waals surface area contributed by atoms with E-state index >= 15 is 0 Å². The summed E-state index contributed by atoms with van der Waals surface area (Å²) in [6.07, 6.45) is 11.6. The van der Waals surface area contributed by atoms with Crippen LogP contribution in [0.2, 0.25) is 6.04 Å². The van der Waals surface area contributed by atoms with Crippen LogP contribution >= 0.6 is 0 Å². The number of carbonyl (C=O) groups is 2. The van der Waals surface area contributed by atoms with Crippen molar-refractivity contribution in [3.05, 3.63) is 35.4 Å². The molecule has 0 spiro atoms. The fourth-order valence-electron chi connectivity index (χ4n) is 4.02. The molecule has 0 atom stereocenters. The van der Waals surface area contributed by atoms with Gasteiger partial charge >= 0.3 is 8.80 Å². The average molecular weight is 436 g/mol. The highest BCUT2D eigenvalue weighted by atomic mass is 28.4. The minimum atomic E-state index is -2.39. The molecule has 0 N–H and O–H groups in total. The maximum Gasteiger partial charge on any atom is 0.500 e. The van der Waals surface area contributed by atoms with E-state index in [1.165, 1.54) is 43.4 Å². The van der Waals surface area contributed by atoms with E-state index in [4.69, 9.17) is 13.3 Å². The molecule has 1 aromatic rings. The van der Waals surface area contributed by atoms with Crippen LogP contribution in [-0.2, 0) is 13.3 Å². The molecule has 0 radical (unpaired) electrons. The van der Waals surface area contributed by atoms with Crippen molar-refractivity contribution in [1.29, 1.82) is 0 Å². The number of amides is 2. The van der Waals surface area contributed by atoms with Crippen LogP contribution in [0.15, 0.2) is 24.3 Å². The van der Waals surface area contributed by atoms with Crippen LogP contribution in [0.4, 0.5) is 0 Å². The van der Waals surface area contributed by atoms with Gasteiger partial charge in [-0.1, -0.05) is 63.5 Å². The minimum Gasteiger partial charge on any atom is -0.377 e. The zero-order valence-corrected chi connectivity index (χ0v) is 19.8. The maximum atomic E-state index is 12.3. The Hall–Kier alpha value is -1.54. The van der Waals surface area contributed by atoms with E-state index in [1.54, 1.807) is 45.6 Å². The number of fused-ring (bicyclic) bond motifs is 1. The second-order valence-corrected chi connectivity index (χ2v) is 11.0. The lowest BCUT2D eigenvalue weighted by Crippen LogP contribution is -2.42. The topological polar surface area (TPSA) is 65.1 Å². The fraction of sp³-hybridized carbons (Fsp3) is 0.652. The Labute approximate surface area is 182 Å². The summed E-state index contributed by atoms with van der Waals surface area (Å²) >= 11 is 0. The molecule has 1 aliphatic rings. The van der Waals surface area contributed by atoms with Crippen molar-refractivity contribution < 1.29 is 22.9 Å². The first-order valence-electron chi connectivity index (χ1n) is 11.2. The van der Waals surface area contributed by atoms with E-state index in [0.717, 1.165) is 31.7 Å². The number of hydrogen-bond acceptors (Lipinski definition) is 5. The molecule has 7 heteroatoms. The number of rotatable bonds is 16. The largest absolute Gasteiger partial charge is 0.500 e. The van der Waals surface area contributed by atoms with Crippen molar-refractivity contribution in [3.8, 4) is 0 Å². The second kappa shape index (κ2) is 13.0. The standard InChI is InChI=1S/C23H37NO5Si/c1-27-30(28-2,29-3)19-15-11-9-7-5-4-6-8-10-14-18-24-22(25)20-16-12-13-17-21(20)23(24)26/h12-13,16-17H,4-11,14-15,18-19H2,1-3H3. The van der Waals surface area contributed by atoms with Crippen LogP contribution in [-0.4, -0.2) is 53.4 Å². The van der Waals surface area contributed by atoms with E-state index in [0.29, 0.717) is 17.7 Å². The van der Waals surface area contributed by atoms with Crippen molar-refractivity contribution in [2.45, 2.75) is 70.3 Å². The first-order valence-corrected chi connectivity index (χ1v) is 13.1. The summed E-state index contributed by atoms with van der Waals surface area (Å²) < 4.78 is 16.3. The number of nitrogens with zero attached hydrogens (tertiary/aromatic N) is 1. The molecule has 0 bridgehead atoms. The van der Waals surface area contributed by atoms with Gasteiger partial charge in [-0.25, -0.2) is 0 Å². The van der Waals surface area contributed by atoms with Crippen LogP contribution in [0.25, 0.3) is 0 Å². The first kappa shape index (κ1) is 24.7. The molecule has 168 valence electrons. The lowest BCUT2D eigenvalue weighted by Gasteiger charge is -2.24. The Kier molecular flexibility index (Phi) is 10.7. The molecule has 1 heterocycles. The molecular weight excluding hydrogens is 398 g/mol. The van der Waals surface area contributed by atoms with E-state index in [9.17, 15) is 9.59 Å². The summed E-state index contributed by atoms with van der Waals surface area (Å²) in [4.78, 5) is 26.0. The summed E-state index contributed by atoms with van der Waals surface area (Å²) in [5.74, 6) is -0.283. The number of hydrogen-bond donors (Lipinski definition) is 0. The third-order valence-electron chi connectivity index (χ3n) is 5.93. The summed E-state index contributed by atoms with van der Waals surface area (Å²) in [6.45, 7) is 0.529. The van der Waals surface area contributed by atoms with E-state index in [-0.39, 0.29) is 11.8 Å². The lowest BCUT2D eigenvalue weighted by molar-refractivity contribution is 0.0651. The highest BCUT2D eigenvalue weighted by molar-refractivity contribution is 6.60. The van der Waals surface area contributed by atoms with Gasteiger partial charge in [0.15, 0.2) is 0 Å². The second-order valence-electron chi connectivity index (χ2n) is 7.89. The fourth-order valence-corrected chi connectivity index (χ4v) is 5.82. The highest BCUT2D eigenvalue weighted by Crippen LogP contribution is 2.23. The Balaban J connectivity index is 1.45. The summed E-state index contributed by atoms with van der Waals surface area (Å²) in [7, 11) is 2.60. The third kappa shape index (κ3) is 6.73. The van der Waals surface area contributed by atoms with Gasteiger partial charge in [-0.2, -0.15) is 0 Å². The van der Waals surface area contributed by atoms with E-state index < -0.39 is 8.80 Å². The molecule has 30 heavy (non-hydrogen) atoms. The molecule has 0 saturated heterocycles. The highest BCUT2D eigenvalue weighted by Gasteiger charge is 2.36. The van der Waals surface area contributed by atoms with Gasteiger partial charge in [0.05, 0.1) is 11.1 Å². The van der Waals surface area contributed by atoms with Crippen LogP contribution in [0.5, 0.6) is 0 Å². The quantitative estimate of drug-likeness (QED) is 0.206. The molecule has 0 aromatic heterocycles. The third-order valence-corrected chi connectivity index (χ3v) is 8.76. The molecule has 0 saturated carbocycles. The predicted octanol–water partition coefficient (Wildman–Crippen LogP) is 5.06. The molecule has 2 rings (SSSR count). The molecule has 1 aromatic carbocycles. The molecule has 6 nitrogen and oxygen atoms in total. The van der Waals surface area contributed by atoms with Crippen LogP contribution < -0.4 is 0 Å². The van der Waals surface area contributed by atoms with Gasteiger partial charge in [0.2, 0.25) is 0 Å². The zero-order chi connectivity index (χ0) is 21.8. The van der Waals surface area contributed by atoms with Gasteiger partial charge in [-0.05, 0) is 25.0 Å². The van der Waals surface area contributed by atoms with Crippen molar-refractivity contribution in [2.75, 3.05) is 27.9 Å². The van der Waals surface area contributed by atoms with Gasteiger partial charge in [0.25, 0.3) is 11.8 Å². The zero-order valence-electron chi connectivity index (χ0n) is 18.8. The number of unbranched alkanes of at least 4 members (excludes halogenated alkanes) is 9. The Morgan fingerprint density at radius 2 is 1.07 bits per heavy atom. The predicted molar refractivity (Wildman–Crippen MR) is 120 cm³/mol. The molecule has 0 unspecified atom stereocenters. The Bertz CT molecular complexity index is 634. The molecule has 2 amide bonds.